The Labute approximate surface area is 210 Å². The summed E-state index contributed by atoms with van der Waals surface area (Å²) in [6.07, 6.45) is 9.44. The van der Waals surface area contributed by atoms with Gasteiger partial charge in [0, 0.05) is 24.3 Å². The van der Waals surface area contributed by atoms with Crippen LogP contribution in [-0.2, 0) is 14.9 Å². The third-order valence-corrected chi connectivity index (χ3v) is 12.0. The van der Waals surface area contributed by atoms with Gasteiger partial charge in [-0.25, -0.2) is 0 Å². The second kappa shape index (κ2) is 9.84. The van der Waals surface area contributed by atoms with Crippen LogP contribution in [0.15, 0.2) is 0 Å². The number of rotatable bonds is 7. The van der Waals surface area contributed by atoms with E-state index >= 15 is 0 Å². The predicted molar refractivity (Wildman–Crippen MR) is 136 cm³/mol. The zero-order chi connectivity index (χ0) is 24.9. The number of carbonyl (C=O) groups excluding carboxylic acids is 1. The smallest absolute Gasteiger partial charge is 0.266 e. The number of aliphatic hydroxyl groups is 1. The highest BCUT2D eigenvalue weighted by Gasteiger charge is 2.62. The van der Waals surface area contributed by atoms with Gasteiger partial charge in [-0.05, 0) is 98.2 Å². The van der Waals surface area contributed by atoms with Gasteiger partial charge in [-0.1, -0.05) is 13.8 Å². The number of nitrogens with two attached hydrogens (primary N) is 1. The summed E-state index contributed by atoms with van der Waals surface area (Å²) >= 11 is 4.97. The summed E-state index contributed by atoms with van der Waals surface area (Å²) in [5.41, 5.74) is 7.37. The van der Waals surface area contributed by atoms with Crippen LogP contribution in [0.4, 0.5) is 0 Å². The molecule has 1 amide bonds. The summed E-state index contributed by atoms with van der Waals surface area (Å²) < 4.78 is 30.5. The highest BCUT2D eigenvalue weighted by Crippen LogP contribution is 2.67. The first-order valence-electron chi connectivity index (χ1n) is 13.2. The molecule has 4 aliphatic carbocycles. The fraction of sp³-hybridized carbons (Fsp3) is 0.960. The van der Waals surface area contributed by atoms with Crippen molar-refractivity contribution in [3.63, 3.8) is 0 Å². The summed E-state index contributed by atoms with van der Waals surface area (Å²) in [6, 6.07) is 0.198. The Morgan fingerprint density at radius 1 is 1.12 bits per heavy atom. The van der Waals surface area contributed by atoms with Crippen molar-refractivity contribution in [1.29, 1.82) is 0 Å². The topological polar surface area (TPSA) is 130 Å². The molecule has 0 aliphatic heterocycles. The van der Waals surface area contributed by atoms with Gasteiger partial charge in [0.2, 0.25) is 5.91 Å². The van der Waals surface area contributed by atoms with Gasteiger partial charge in [-0.15, -0.1) is 0 Å². The van der Waals surface area contributed by atoms with Crippen LogP contribution in [0.1, 0.15) is 78.1 Å². The Morgan fingerprint density at radius 3 is 2.50 bits per heavy atom. The Morgan fingerprint density at radius 2 is 1.79 bits per heavy atom. The highest BCUT2D eigenvalue weighted by atomic mass is 32.2. The van der Waals surface area contributed by atoms with Gasteiger partial charge in [0.25, 0.3) is 10.1 Å². The highest BCUT2D eigenvalue weighted by molar-refractivity contribution is 7.85. The SMILES string of the molecule is CC12CC[C@@H](O)CC1CC(N)C1C2CCC2(C)C([C@H](S)CCC(=O)NCCS(=O)(=O)O)CC[C@@H]12. The summed E-state index contributed by atoms with van der Waals surface area (Å²) in [5, 5.41) is 13.0. The van der Waals surface area contributed by atoms with E-state index in [1.165, 1.54) is 19.3 Å². The minimum atomic E-state index is -4.07. The molecule has 7 nitrogen and oxygen atoms in total. The van der Waals surface area contributed by atoms with Crippen molar-refractivity contribution in [3.05, 3.63) is 0 Å². The molecule has 0 radical (unpaired) electrons. The molecule has 34 heavy (non-hydrogen) atoms. The van der Waals surface area contributed by atoms with Crippen molar-refractivity contribution < 1.29 is 22.9 Å². The van der Waals surface area contributed by atoms with Gasteiger partial charge in [0.05, 0.1) is 11.9 Å². The molecule has 0 bridgehead atoms. The van der Waals surface area contributed by atoms with Gasteiger partial charge >= 0.3 is 0 Å². The van der Waals surface area contributed by atoms with Crippen LogP contribution in [0.5, 0.6) is 0 Å². The Bertz CT molecular complexity index is 869. The number of nitrogens with one attached hydrogen (secondary N) is 1. The molecule has 10 atom stereocenters. The lowest BCUT2D eigenvalue weighted by Gasteiger charge is -2.62. The van der Waals surface area contributed by atoms with Crippen LogP contribution in [0.3, 0.4) is 0 Å². The maximum atomic E-state index is 12.2. The number of carbonyl (C=O) groups is 1. The van der Waals surface area contributed by atoms with Crippen LogP contribution >= 0.6 is 12.6 Å². The minimum Gasteiger partial charge on any atom is -0.393 e. The van der Waals surface area contributed by atoms with Crippen molar-refractivity contribution in [1.82, 2.24) is 5.32 Å². The zero-order valence-electron chi connectivity index (χ0n) is 20.7. The molecule has 4 rings (SSSR count). The Balaban J connectivity index is 1.39. The fourth-order valence-electron chi connectivity index (χ4n) is 8.86. The molecule has 5 N–H and O–H groups in total. The number of fused-ring (bicyclic) bond motifs is 5. The predicted octanol–water partition coefficient (Wildman–Crippen LogP) is 3.03. The van der Waals surface area contributed by atoms with E-state index in [4.69, 9.17) is 22.9 Å². The molecule has 196 valence electrons. The Kier molecular flexibility index (Phi) is 7.73. The number of amides is 1. The summed E-state index contributed by atoms with van der Waals surface area (Å²) in [4.78, 5) is 12.2. The number of aliphatic hydroxyl groups excluding tert-OH is 1. The number of hydrogen-bond donors (Lipinski definition) is 5. The summed E-state index contributed by atoms with van der Waals surface area (Å²) in [6.45, 7) is 4.84. The van der Waals surface area contributed by atoms with Crippen molar-refractivity contribution >= 4 is 28.7 Å². The van der Waals surface area contributed by atoms with Crippen molar-refractivity contribution in [2.45, 2.75) is 95.5 Å². The van der Waals surface area contributed by atoms with E-state index in [1.54, 1.807) is 0 Å². The summed E-state index contributed by atoms with van der Waals surface area (Å²) in [5.74, 6) is 2.08. The first kappa shape index (κ1) is 26.7. The van der Waals surface area contributed by atoms with Gasteiger partial charge in [0.1, 0.15) is 0 Å². The molecule has 4 fully saturated rings. The van der Waals surface area contributed by atoms with Crippen LogP contribution in [0, 0.1) is 40.4 Å². The lowest BCUT2D eigenvalue weighted by atomic mass is 9.43. The van der Waals surface area contributed by atoms with E-state index in [2.05, 4.69) is 19.2 Å². The van der Waals surface area contributed by atoms with E-state index in [9.17, 15) is 18.3 Å². The molecule has 0 spiro atoms. The number of thiol groups is 1. The van der Waals surface area contributed by atoms with Crippen LogP contribution in [0.2, 0.25) is 0 Å². The molecule has 4 aliphatic rings. The van der Waals surface area contributed by atoms with E-state index < -0.39 is 15.9 Å². The molecular formula is C25H44N2O5S2. The van der Waals surface area contributed by atoms with Gasteiger partial charge in [0.15, 0.2) is 0 Å². The average Bonchev–Trinajstić information content (AvgIpc) is 3.09. The van der Waals surface area contributed by atoms with Crippen LogP contribution in [0.25, 0.3) is 0 Å². The zero-order valence-corrected chi connectivity index (χ0v) is 22.4. The van der Waals surface area contributed by atoms with Gasteiger partial charge in [-0.2, -0.15) is 21.0 Å². The maximum Gasteiger partial charge on any atom is 0.266 e. The van der Waals surface area contributed by atoms with Crippen molar-refractivity contribution in [3.8, 4) is 0 Å². The monoisotopic (exact) mass is 516 g/mol. The van der Waals surface area contributed by atoms with Crippen LogP contribution < -0.4 is 11.1 Å². The quantitative estimate of drug-likeness (QED) is 0.261. The van der Waals surface area contributed by atoms with E-state index in [0.29, 0.717) is 47.8 Å². The van der Waals surface area contributed by atoms with Gasteiger partial charge in [-0.3, -0.25) is 9.35 Å². The third kappa shape index (κ3) is 5.06. The molecule has 0 aromatic carbocycles. The normalized spacial score (nSPS) is 45.1. The molecule has 0 aromatic heterocycles. The molecule has 4 saturated carbocycles. The van der Waals surface area contributed by atoms with Crippen molar-refractivity contribution in [2.75, 3.05) is 12.3 Å². The standard InChI is InChI=1S/C25H44N2O5S2/c1-24-9-7-16(28)13-15(24)14-20(26)23-18-4-3-17(25(18,2)10-8-19(23)24)21(33)5-6-22(29)27-11-12-34(30,31)32/h15-21,23,28,33H,3-14,26H2,1-2H3,(H,27,29)(H,30,31,32)/t15?,16-,17?,18+,19?,20?,21-,23?,24?,25?/m1/s1. The first-order chi connectivity index (χ1) is 15.8. The van der Waals surface area contributed by atoms with Gasteiger partial charge < -0.3 is 16.2 Å². The Hall–Kier alpha value is -0.350. The van der Waals surface area contributed by atoms with Crippen LogP contribution in [-0.4, -0.2) is 53.7 Å². The molecule has 7 unspecified atom stereocenters. The lowest BCUT2D eigenvalue weighted by molar-refractivity contribution is -0.134. The molecule has 0 saturated heterocycles. The van der Waals surface area contributed by atoms with E-state index in [1.807, 2.05) is 0 Å². The summed E-state index contributed by atoms with van der Waals surface area (Å²) in [7, 11) is -4.07. The minimum absolute atomic E-state index is 0.0735. The molecule has 9 heteroatoms. The molecule has 0 heterocycles. The number of hydrogen-bond acceptors (Lipinski definition) is 6. The fourth-order valence-corrected chi connectivity index (χ4v) is 9.84. The maximum absolute atomic E-state index is 12.2. The third-order valence-electron chi connectivity index (χ3n) is 10.6. The average molecular weight is 517 g/mol. The second-order valence-electron chi connectivity index (χ2n) is 12.3. The largest absolute Gasteiger partial charge is 0.393 e. The van der Waals surface area contributed by atoms with E-state index in [0.717, 1.165) is 32.1 Å². The lowest BCUT2D eigenvalue weighted by Crippen LogP contribution is -2.60. The second-order valence-corrected chi connectivity index (χ2v) is 14.5. The van der Waals surface area contributed by atoms with Crippen molar-refractivity contribution in [2.24, 2.45) is 46.2 Å². The first-order valence-corrected chi connectivity index (χ1v) is 15.3. The van der Waals surface area contributed by atoms with E-state index in [-0.39, 0.29) is 35.3 Å². The molecule has 0 aromatic rings. The molecular weight excluding hydrogens is 472 g/mol.